The third kappa shape index (κ3) is 5.69. The van der Waals surface area contributed by atoms with Gasteiger partial charge < -0.3 is 5.32 Å². The van der Waals surface area contributed by atoms with Crippen molar-refractivity contribution >= 4 is 21.8 Å². The van der Waals surface area contributed by atoms with Crippen molar-refractivity contribution in [2.75, 3.05) is 0 Å². The van der Waals surface area contributed by atoms with Gasteiger partial charge in [-0.3, -0.25) is 4.79 Å². The van der Waals surface area contributed by atoms with E-state index in [1.807, 2.05) is 6.92 Å². The van der Waals surface area contributed by atoms with Gasteiger partial charge in [0, 0.05) is 10.5 Å². The van der Waals surface area contributed by atoms with Gasteiger partial charge in [0.2, 0.25) is 0 Å². The van der Waals surface area contributed by atoms with Gasteiger partial charge in [-0.1, -0.05) is 13.8 Å². The van der Waals surface area contributed by atoms with Crippen molar-refractivity contribution in [2.45, 2.75) is 45.8 Å². The summed E-state index contributed by atoms with van der Waals surface area (Å²) in [6.07, 6.45) is -2.72. The zero-order valence-electron chi connectivity index (χ0n) is 12.2. The number of hydrogen-bond acceptors (Lipinski definition) is 1. The summed E-state index contributed by atoms with van der Waals surface area (Å²) in [6, 6.07) is 2.98. The standard InChI is InChI=1S/C15H19BrF3NO/c1-9(2)4-5-10(3)20-14(21)12-8-11(15(17,18)19)6-7-13(12)16/h6-10H,4-5H2,1-3H3,(H,20,21). The van der Waals surface area contributed by atoms with E-state index in [0.717, 1.165) is 25.0 Å². The Morgan fingerprint density at radius 2 is 1.86 bits per heavy atom. The van der Waals surface area contributed by atoms with Gasteiger partial charge in [0.1, 0.15) is 0 Å². The average molecular weight is 366 g/mol. The highest BCUT2D eigenvalue weighted by molar-refractivity contribution is 9.10. The predicted octanol–water partition coefficient (Wildman–Crippen LogP) is 5.02. The van der Waals surface area contributed by atoms with Crippen LogP contribution in [0.4, 0.5) is 13.2 Å². The summed E-state index contributed by atoms with van der Waals surface area (Å²) in [4.78, 5) is 12.1. The highest BCUT2D eigenvalue weighted by Crippen LogP contribution is 2.31. The van der Waals surface area contributed by atoms with Crippen LogP contribution < -0.4 is 5.32 Å². The van der Waals surface area contributed by atoms with Gasteiger partial charge in [0.05, 0.1) is 11.1 Å². The molecule has 0 fully saturated rings. The van der Waals surface area contributed by atoms with Gasteiger partial charge in [0.25, 0.3) is 5.91 Å². The molecule has 1 N–H and O–H groups in total. The van der Waals surface area contributed by atoms with E-state index in [9.17, 15) is 18.0 Å². The summed E-state index contributed by atoms with van der Waals surface area (Å²) in [5.41, 5.74) is -0.827. The van der Waals surface area contributed by atoms with E-state index in [2.05, 4.69) is 35.1 Å². The fourth-order valence-corrected chi connectivity index (χ4v) is 2.26. The number of carbonyl (C=O) groups excluding carboxylic acids is 1. The fourth-order valence-electron chi connectivity index (χ4n) is 1.83. The molecule has 1 aromatic carbocycles. The first kappa shape index (κ1) is 18.0. The molecule has 0 bridgehead atoms. The largest absolute Gasteiger partial charge is 0.416 e. The second kappa shape index (κ2) is 7.29. The van der Waals surface area contributed by atoms with Crippen molar-refractivity contribution in [1.29, 1.82) is 0 Å². The number of carbonyl (C=O) groups is 1. The van der Waals surface area contributed by atoms with Crippen molar-refractivity contribution in [3.05, 3.63) is 33.8 Å². The Bertz CT molecular complexity index is 500. The Balaban J connectivity index is 2.82. The molecule has 21 heavy (non-hydrogen) atoms. The molecule has 0 aromatic heterocycles. The van der Waals surface area contributed by atoms with Crippen molar-refractivity contribution in [3.63, 3.8) is 0 Å². The molecule has 0 heterocycles. The monoisotopic (exact) mass is 365 g/mol. The normalized spacial score (nSPS) is 13.3. The Kier molecular flexibility index (Phi) is 6.25. The number of nitrogens with one attached hydrogen (secondary N) is 1. The molecule has 0 saturated carbocycles. The average Bonchev–Trinajstić information content (AvgIpc) is 2.35. The molecule has 0 aliphatic heterocycles. The van der Waals surface area contributed by atoms with E-state index in [1.54, 1.807) is 0 Å². The van der Waals surface area contributed by atoms with E-state index >= 15 is 0 Å². The molecule has 0 aliphatic rings. The highest BCUT2D eigenvalue weighted by atomic mass is 79.9. The summed E-state index contributed by atoms with van der Waals surface area (Å²) < 4.78 is 38.4. The zero-order chi connectivity index (χ0) is 16.2. The van der Waals surface area contributed by atoms with Crippen molar-refractivity contribution in [2.24, 2.45) is 5.92 Å². The minimum Gasteiger partial charge on any atom is -0.350 e. The smallest absolute Gasteiger partial charge is 0.350 e. The second-order valence-electron chi connectivity index (χ2n) is 5.54. The zero-order valence-corrected chi connectivity index (χ0v) is 13.8. The van der Waals surface area contributed by atoms with Crippen LogP contribution in [-0.4, -0.2) is 11.9 Å². The lowest BCUT2D eigenvalue weighted by Crippen LogP contribution is -2.33. The minimum absolute atomic E-state index is 0.00113. The Morgan fingerprint density at radius 3 is 2.38 bits per heavy atom. The summed E-state index contributed by atoms with van der Waals surface area (Å²) >= 11 is 3.12. The molecule has 1 rings (SSSR count). The molecule has 1 amide bonds. The Labute approximate surface area is 131 Å². The van der Waals surface area contributed by atoms with Gasteiger partial charge in [-0.05, 0) is 59.8 Å². The van der Waals surface area contributed by atoms with Crippen LogP contribution in [0.1, 0.15) is 49.5 Å². The maximum atomic E-state index is 12.7. The van der Waals surface area contributed by atoms with Gasteiger partial charge in [-0.2, -0.15) is 13.2 Å². The van der Waals surface area contributed by atoms with Crippen LogP contribution in [-0.2, 0) is 6.18 Å². The van der Waals surface area contributed by atoms with Crippen LogP contribution in [0.5, 0.6) is 0 Å². The SMILES string of the molecule is CC(C)CCC(C)NC(=O)c1cc(C(F)(F)F)ccc1Br. The van der Waals surface area contributed by atoms with Crippen LogP contribution in [0.25, 0.3) is 0 Å². The Morgan fingerprint density at radius 1 is 1.24 bits per heavy atom. The topological polar surface area (TPSA) is 29.1 Å². The van der Waals surface area contributed by atoms with E-state index in [1.165, 1.54) is 6.07 Å². The maximum absolute atomic E-state index is 12.7. The molecule has 1 atom stereocenters. The summed E-state index contributed by atoms with van der Waals surface area (Å²) in [5.74, 6) is 0.0221. The minimum atomic E-state index is -4.46. The van der Waals surface area contributed by atoms with Crippen LogP contribution in [0, 0.1) is 5.92 Å². The summed E-state index contributed by atoms with van der Waals surface area (Å²) in [6.45, 7) is 6.01. The fraction of sp³-hybridized carbons (Fsp3) is 0.533. The first-order valence-corrected chi connectivity index (χ1v) is 7.58. The van der Waals surface area contributed by atoms with E-state index < -0.39 is 17.6 Å². The van der Waals surface area contributed by atoms with Crippen molar-refractivity contribution in [3.8, 4) is 0 Å². The molecule has 0 radical (unpaired) electrons. The summed E-state index contributed by atoms with van der Waals surface area (Å²) in [5, 5.41) is 2.73. The molecular weight excluding hydrogens is 347 g/mol. The van der Waals surface area contributed by atoms with Gasteiger partial charge >= 0.3 is 6.18 Å². The lowest BCUT2D eigenvalue weighted by Gasteiger charge is -2.16. The molecule has 6 heteroatoms. The molecule has 1 aromatic rings. The Hall–Kier alpha value is -1.04. The van der Waals surface area contributed by atoms with Crippen LogP contribution in [0.15, 0.2) is 22.7 Å². The molecule has 0 spiro atoms. The molecule has 0 saturated heterocycles. The van der Waals surface area contributed by atoms with Crippen LogP contribution in [0.3, 0.4) is 0 Å². The van der Waals surface area contributed by atoms with Gasteiger partial charge in [0.15, 0.2) is 0 Å². The first-order chi connectivity index (χ1) is 9.61. The predicted molar refractivity (Wildman–Crippen MR) is 80.1 cm³/mol. The molecule has 2 nitrogen and oxygen atoms in total. The molecule has 118 valence electrons. The third-order valence-electron chi connectivity index (χ3n) is 3.09. The third-order valence-corrected chi connectivity index (χ3v) is 3.78. The molecular formula is C15H19BrF3NO. The maximum Gasteiger partial charge on any atom is 0.416 e. The quantitative estimate of drug-likeness (QED) is 0.779. The first-order valence-electron chi connectivity index (χ1n) is 6.79. The summed E-state index contributed by atoms with van der Waals surface area (Å²) in [7, 11) is 0. The lowest BCUT2D eigenvalue weighted by molar-refractivity contribution is -0.137. The number of benzene rings is 1. The highest BCUT2D eigenvalue weighted by Gasteiger charge is 2.31. The second-order valence-corrected chi connectivity index (χ2v) is 6.39. The number of amides is 1. The lowest BCUT2D eigenvalue weighted by atomic mass is 10.0. The van der Waals surface area contributed by atoms with E-state index in [0.29, 0.717) is 10.4 Å². The molecule has 1 unspecified atom stereocenters. The van der Waals surface area contributed by atoms with Crippen molar-refractivity contribution in [1.82, 2.24) is 5.32 Å². The van der Waals surface area contributed by atoms with Gasteiger partial charge in [-0.25, -0.2) is 0 Å². The number of halogens is 4. The molecule has 0 aliphatic carbocycles. The van der Waals surface area contributed by atoms with Crippen molar-refractivity contribution < 1.29 is 18.0 Å². The van der Waals surface area contributed by atoms with Crippen LogP contribution in [0.2, 0.25) is 0 Å². The number of alkyl halides is 3. The van der Waals surface area contributed by atoms with Gasteiger partial charge in [-0.15, -0.1) is 0 Å². The van der Waals surface area contributed by atoms with Crippen LogP contribution >= 0.6 is 15.9 Å². The number of rotatable bonds is 5. The van der Waals surface area contributed by atoms with E-state index in [4.69, 9.17) is 0 Å². The van der Waals surface area contributed by atoms with E-state index in [-0.39, 0.29) is 11.6 Å². The number of hydrogen-bond donors (Lipinski definition) is 1.